The minimum atomic E-state index is -0.751. The zero-order chi connectivity index (χ0) is 13.3. The highest BCUT2D eigenvalue weighted by Gasteiger charge is 2.22. The Morgan fingerprint density at radius 1 is 1.50 bits per heavy atom. The second-order valence-corrected chi connectivity index (χ2v) is 3.35. The van der Waals surface area contributed by atoms with Crippen LogP contribution >= 0.6 is 0 Å². The average Bonchev–Trinajstić information content (AvgIpc) is 2.65. The normalized spacial score (nSPS) is 10.6. The van der Waals surface area contributed by atoms with E-state index in [1.807, 2.05) is 4.98 Å². The Morgan fingerprint density at radius 2 is 2.22 bits per heavy atom. The summed E-state index contributed by atoms with van der Waals surface area (Å²) in [7, 11) is 1.27. The largest absolute Gasteiger partial charge is 0.502 e. The van der Waals surface area contributed by atoms with Crippen LogP contribution in [0.1, 0.15) is 5.76 Å². The first kappa shape index (κ1) is 12.0. The third kappa shape index (κ3) is 1.78. The third-order valence-corrected chi connectivity index (χ3v) is 2.28. The number of aromatic hydroxyl groups is 1. The molecule has 0 aromatic carbocycles. The summed E-state index contributed by atoms with van der Waals surface area (Å²) < 4.78 is 10.9. The van der Waals surface area contributed by atoms with Crippen LogP contribution in [-0.2, 0) is 6.61 Å². The van der Waals surface area contributed by atoms with E-state index in [1.165, 1.54) is 13.3 Å². The second kappa shape index (κ2) is 4.41. The van der Waals surface area contributed by atoms with Gasteiger partial charge >= 0.3 is 5.69 Å². The summed E-state index contributed by atoms with van der Waals surface area (Å²) in [6.45, 7) is -0.555. The van der Waals surface area contributed by atoms with E-state index in [1.54, 1.807) is 0 Å². The molecule has 8 nitrogen and oxygen atoms in total. The van der Waals surface area contributed by atoms with Gasteiger partial charge in [0.05, 0.1) is 7.11 Å². The number of ether oxygens (including phenoxy) is 1. The number of hydrogen-bond acceptors (Lipinski definition) is 6. The number of nitrogens with zero attached hydrogens (tertiary/aromatic N) is 1. The molecule has 2 heterocycles. The van der Waals surface area contributed by atoms with Crippen molar-refractivity contribution in [1.82, 2.24) is 9.55 Å². The lowest BCUT2D eigenvalue weighted by Gasteiger charge is -2.02. The quantitative estimate of drug-likeness (QED) is 0.668. The van der Waals surface area contributed by atoms with Crippen LogP contribution in [0.2, 0.25) is 0 Å². The molecule has 0 amide bonds. The molecule has 2 aromatic rings. The number of hydrogen-bond donors (Lipinski definition) is 3. The fraction of sp³-hybridized carbons (Fsp3) is 0.200. The number of H-pyrrole nitrogens is 1. The van der Waals surface area contributed by atoms with E-state index >= 15 is 0 Å². The van der Waals surface area contributed by atoms with Crippen LogP contribution in [0.5, 0.6) is 11.5 Å². The predicted molar refractivity (Wildman–Crippen MR) is 59.1 cm³/mol. The maximum absolute atomic E-state index is 11.6. The van der Waals surface area contributed by atoms with Crippen molar-refractivity contribution in [3.8, 4) is 17.4 Å². The van der Waals surface area contributed by atoms with Crippen LogP contribution in [0.15, 0.2) is 26.3 Å². The van der Waals surface area contributed by atoms with Crippen molar-refractivity contribution in [3.63, 3.8) is 0 Å². The molecule has 0 saturated carbocycles. The Morgan fingerprint density at radius 3 is 2.78 bits per heavy atom. The highest BCUT2D eigenvalue weighted by Crippen LogP contribution is 2.38. The summed E-state index contributed by atoms with van der Waals surface area (Å²) in [6, 6.07) is 1.11. The van der Waals surface area contributed by atoms with Crippen molar-refractivity contribution in [3.05, 3.63) is 38.9 Å². The highest BCUT2D eigenvalue weighted by molar-refractivity contribution is 5.52. The smallest absolute Gasteiger partial charge is 0.335 e. The molecule has 3 N–H and O–H groups in total. The second-order valence-electron chi connectivity index (χ2n) is 3.35. The first-order chi connectivity index (χ1) is 8.58. The maximum Gasteiger partial charge on any atom is 0.335 e. The number of nitrogens with one attached hydrogen (secondary N) is 1. The third-order valence-electron chi connectivity index (χ3n) is 2.28. The minimum absolute atomic E-state index is 0.104. The van der Waals surface area contributed by atoms with Crippen LogP contribution in [0.3, 0.4) is 0 Å². The fourth-order valence-electron chi connectivity index (χ4n) is 1.47. The molecule has 0 aliphatic rings. The lowest BCUT2D eigenvalue weighted by molar-refractivity contribution is 0.238. The van der Waals surface area contributed by atoms with Gasteiger partial charge in [-0.05, 0) is 0 Å². The molecule has 2 aromatic heterocycles. The molecule has 0 saturated heterocycles. The van der Waals surface area contributed by atoms with Crippen LogP contribution < -0.4 is 16.0 Å². The van der Waals surface area contributed by atoms with E-state index in [0.29, 0.717) is 0 Å². The van der Waals surface area contributed by atoms with E-state index in [4.69, 9.17) is 14.3 Å². The molecule has 0 aliphatic carbocycles. The topological polar surface area (TPSA) is 118 Å². The highest BCUT2D eigenvalue weighted by atomic mass is 16.5. The van der Waals surface area contributed by atoms with Crippen LogP contribution in [0.25, 0.3) is 5.88 Å². The molecule has 0 aliphatic heterocycles. The van der Waals surface area contributed by atoms with E-state index in [0.717, 1.165) is 10.6 Å². The van der Waals surface area contributed by atoms with Gasteiger partial charge in [-0.3, -0.25) is 9.78 Å². The first-order valence-corrected chi connectivity index (χ1v) is 4.90. The molecular weight excluding hydrogens is 244 g/mol. The molecule has 0 fully saturated rings. The molecule has 0 bridgehead atoms. The maximum atomic E-state index is 11.6. The lowest BCUT2D eigenvalue weighted by atomic mass is 10.4. The van der Waals surface area contributed by atoms with Gasteiger partial charge in [-0.25, -0.2) is 9.36 Å². The van der Waals surface area contributed by atoms with Gasteiger partial charge < -0.3 is 19.4 Å². The summed E-state index contributed by atoms with van der Waals surface area (Å²) in [5.41, 5.74) is -1.31. The Labute approximate surface area is 99.7 Å². The van der Waals surface area contributed by atoms with Gasteiger partial charge in [-0.1, -0.05) is 0 Å². The van der Waals surface area contributed by atoms with Gasteiger partial charge in [0.2, 0.25) is 11.5 Å². The zero-order valence-corrected chi connectivity index (χ0v) is 9.34. The molecule has 0 unspecified atom stereocenters. The number of aliphatic hydroxyl groups excluding tert-OH is 1. The Bertz CT molecular complexity index is 680. The standard InChI is InChI=1S/C10H10N2O6/c1-17-8-7(15)5(4-13)18-9(8)12-3-2-6(14)11-10(12)16/h2-3,13,15H,4H2,1H3,(H,11,14,16). The van der Waals surface area contributed by atoms with Gasteiger partial charge in [0.15, 0.2) is 5.76 Å². The number of aromatic amines is 1. The summed E-state index contributed by atoms with van der Waals surface area (Å²) in [5, 5.41) is 18.6. The van der Waals surface area contributed by atoms with Crippen molar-refractivity contribution in [2.24, 2.45) is 0 Å². The zero-order valence-electron chi connectivity index (χ0n) is 9.34. The van der Waals surface area contributed by atoms with E-state index in [9.17, 15) is 14.7 Å². The number of rotatable bonds is 3. The summed E-state index contributed by atoms with van der Waals surface area (Å²) >= 11 is 0. The molecule has 96 valence electrons. The van der Waals surface area contributed by atoms with Crippen LogP contribution in [0, 0.1) is 0 Å². The molecular formula is C10H10N2O6. The van der Waals surface area contributed by atoms with Gasteiger partial charge in [0.1, 0.15) is 6.61 Å². The molecule has 8 heteroatoms. The number of methoxy groups -OCH3 is 1. The lowest BCUT2D eigenvalue weighted by Crippen LogP contribution is -2.27. The van der Waals surface area contributed by atoms with Gasteiger partial charge in [-0.2, -0.15) is 0 Å². The Hall–Kier alpha value is -2.48. The number of aromatic nitrogens is 2. The number of aliphatic hydroxyl groups is 1. The monoisotopic (exact) mass is 254 g/mol. The van der Waals surface area contributed by atoms with Gasteiger partial charge in [-0.15, -0.1) is 0 Å². The summed E-state index contributed by atoms with van der Waals surface area (Å²) in [6.07, 6.45) is 1.17. The van der Waals surface area contributed by atoms with Crippen LogP contribution in [-0.4, -0.2) is 26.9 Å². The molecule has 0 radical (unpaired) electrons. The van der Waals surface area contributed by atoms with Crippen molar-refractivity contribution in [2.75, 3.05) is 7.11 Å². The van der Waals surface area contributed by atoms with E-state index in [-0.39, 0.29) is 17.4 Å². The minimum Gasteiger partial charge on any atom is -0.502 e. The summed E-state index contributed by atoms with van der Waals surface area (Å²) in [5.74, 6) is -0.762. The van der Waals surface area contributed by atoms with Gasteiger partial charge in [0.25, 0.3) is 11.4 Å². The summed E-state index contributed by atoms with van der Waals surface area (Å²) in [4.78, 5) is 24.5. The molecule has 0 spiro atoms. The Kier molecular flexibility index (Phi) is 2.94. The van der Waals surface area contributed by atoms with Crippen molar-refractivity contribution >= 4 is 0 Å². The van der Waals surface area contributed by atoms with Gasteiger partial charge in [0, 0.05) is 12.3 Å². The average molecular weight is 254 g/mol. The predicted octanol–water partition coefficient (Wildman–Crippen LogP) is -0.675. The molecule has 0 atom stereocenters. The van der Waals surface area contributed by atoms with Crippen molar-refractivity contribution < 1.29 is 19.4 Å². The molecule has 18 heavy (non-hydrogen) atoms. The van der Waals surface area contributed by atoms with Crippen molar-refractivity contribution in [2.45, 2.75) is 6.61 Å². The van der Waals surface area contributed by atoms with E-state index in [2.05, 4.69) is 0 Å². The fourth-order valence-corrected chi connectivity index (χ4v) is 1.47. The van der Waals surface area contributed by atoms with E-state index < -0.39 is 23.6 Å². The first-order valence-electron chi connectivity index (χ1n) is 4.90. The van der Waals surface area contributed by atoms with Crippen LogP contribution in [0.4, 0.5) is 0 Å². The molecule has 2 rings (SSSR count). The Balaban J connectivity index is 2.70. The number of furan rings is 1. The SMILES string of the molecule is COc1c(-n2ccc(=O)[nH]c2=O)oc(CO)c1O. The van der Waals surface area contributed by atoms with Crippen molar-refractivity contribution in [1.29, 1.82) is 0 Å².